The third kappa shape index (κ3) is 5.81. The number of hydrogen-bond acceptors (Lipinski definition) is 4. The Morgan fingerprint density at radius 3 is 2.40 bits per heavy atom. The van der Waals surface area contributed by atoms with Crippen molar-refractivity contribution in [3.63, 3.8) is 0 Å². The number of halogens is 1. The molecule has 3 aromatic carbocycles. The minimum Gasteiger partial charge on any atom is -0.382 e. The number of aryl methyl sites for hydroxylation is 1. The fourth-order valence-electron chi connectivity index (χ4n) is 3.87. The zero-order valence-electron chi connectivity index (χ0n) is 19.0. The highest BCUT2D eigenvalue weighted by molar-refractivity contribution is 6.30. The highest BCUT2D eigenvalue weighted by atomic mass is 35.5. The summed E-state index contributed by atoms with van der Waals surface area (Å²) in [6.45, 7) is 0.409. The van der Waals surface area contributed by atoms with Crippen LogP contribution in [-0.4, -0.2) is 22.4 Å². The molecule has 2 amide bonds. The lowest BCUT2D eigenvalue weighted by Gasteiger charge is -2.20. The maximum atomic E-state index is 12.7. The van der Waals surface area contributed by atoms with Gasteiger partial charge in [0, 0.05) is 11.6 Å². The maximum Gasteiger partial charge on any atom is 0.315 e. The van der Waals surface area contributed by atoms with Crippen molar-refractivity contribution in [3.05, 3.63) is 112 Å². The molecule has 0 aliphatic heterocycles. The van der Waals surface area contributed by atoms with Crippen LogP contribution in [0.3, 0.4) is 0 Å². The molecule has 0 spiro atoms. The van der Waals surface area contributed by atoms with Crippen LogP contribution in [0.25, 0.3) is 5.69 Å². The Bertz CT molecular complexity index is 1330. The molecule has 4 N–H and O–H groups in total. The summed E-state index contributed by atoms with van der Waals surface area (Å²) < 4.78 is 1.57. The number of para-hydroxylation sites is 1. The number of nitrogens with two attached hydrogens (primary N) is 1. The standard InChI is InChI=1S/C27H25ClN6O/c28-21-12-7-11-20(17-21)25(19-9-3-1-4-10-19)32-27(35)31-16-8-15-24-23(18-29)26(30)34(33-24)22-13-5-2-6-14-22/h1-7,9-14,17,25H,8,15-16,30H2,(H2,31,32,35)/t25-/m1/s1. The molecule has 0 bridgehead atoms. The van der Waals surface area contributed by atoms with Gasteiger partial charge in [-0.15, -0.1) is 0 Å². The summed E-state index contributed by atoms with van der Waals surface area (Å²) in [5.74, 6) is 0.312. The first-order chi connectivity index (χ1) is 17.1. The van der Waals surface area contributed by atoms with Gasteiger partial charge in [-0.3, -0.25) is 0 Å². The van der Waals surface area contributed by atoms with Crippen LogP contribution in [0.2, 0.25) is 5.02 Å². The number of rotatable bonds is 8. The van der Waals surface area contributed by atoms with Crippen molar-refractivity contribution in [1.29, 1.82) is 5.26 Å². The molecular formula is C27H25ClN6O. The van der Waals surface area contributed by atoms with Gasteiger partial charge in [0.05, 0.1) is 17.4 Å². The second-order valence-corrected chi connectivity index (χ2v) is 8.41. The van der Waals surface area contributed by atoms with E-state index in [4.69, 9.17) is 17.3 Å². The number of hydrogen-bond donors (Lipinski definition) is 3. The number of nitrogens with zero attached hydrogens (tertiary/aromatic N) is 3. The van der Waals surface area contributed by atoms with Crippen molar-refractivity contribution in [3.8, 4) is 11.8 Å². The zero-order chi connectivity index (χ0) is 24.6. The molecule has 8 heteroatoms. The summed E-state index contributed by atoms with van der Waals surface area (Å²) in [5, 5.41) is 20.6. The van der Waals surface area contributed by atoms with Crippen molar-refractivity contribution < 1.29 is 4.79 Å². The van der Waals surface area contributed by atoms with E-state index >= 15 is 0 Å². The quantitative estimate of drug-likeness (QED) is 0.306. The van der Waals surface area contributed by atoms with E-state index in [1.807, 2.05) is 78.9 Å². The number of urea groups is 1. The Labute approximate surface area is 209 Å². The molecule has 0 unspecified atom stereocenters. The smallest absolute Gasteiger partial charge is 0.315 e. The van der Waals surface area contributed by atoms with Crippen LogP contribution in [0.5, 0.6) is 0 Å². The number of nitriles is 1. The lowest BCUT2D eigenvalue weighted by atomic mass is 9.99. The summed E-state index contributed by atoms with van der Waals surface area (Å²) in [5.41, 5.74) is 9.76. The second-order valence-electron chi connectivity index (χ2n) is 7.97. The minimum atomic E-state index is -0.346. The van der Waals surface area contributed by atoms with Crippen molar-refractivity contribution >= 4 is 23.4 Å². The molecule has 0 saturated carbocycles. The number of amides is 2. The van der Waals surface area contributed by atoms with Crippen LogP contribution in [0.4, 0.5) is 10.6 Å². The van der Waals surface area contributed by atoms with E-state index < -0.39 is 0 Å². The Kier molecular flexibility index (Phi) is 7.66. The molecule has 1 atom stereocenters. The van der Waals surface area contributed by atoms with E-state index in [-0.39, 0.29) is 12.1 Å². The largest absolute Gasteiger partial charge is 0.382 e. The van der Waals surface area contributed by atoms with E-state index in [2.05, 4.69) is 21.8 Å². The summed E-state index contributed by atoms with van der Waals surface area (Å²) in [7, 11) is 0. The molecule has 0 fully saturated rings. The van der Waals surface area contributed by atoms with Crippen LogP contribution < -0.4 is 16.4 Å². The number of nitrogens with one attached hydrogen (secondary N) is 2. The molecular weight excluding hydrogens is 460 g/mol. The van der Waals surface area contributed by atoms with Gasteiger partial charge in [0.15, 0.2) is 0 Å². The molecule has 4 aromatic rings. The van der Waals surface area contributed by atoms with E-state index in [1.165, 1.54) is 0 Å². The summed E-state index contributed by atoms with van der Waals surface area (Å²) in [4.78, 5) is 12.7. The van der Waals surface area contributed by atoms with Crippen LogP contribution >= 0.6 is 11.6 Å². The minimum absolute atomic E-state index is 0.298. The van der Waals surface area contributed by atoms with Crippen LogP contribution in [-0.2, 0) is 6.42 Å². The fraction of sp³-hybridized carbons (Fsp3) is 0.148. The van der Waals surface area contributed by atoms with Gasteiger partial charge >= 0.3 is 6.03 Å². The van der Waals surface area contributed by atoms with Crippen LogP contribution in [0, 0.1) is 11.3 Å². The van der Waals surface area contributed by atoms with Crippen LogP contribution in [0.1, 0.15) is 34.8 Å². The van der Waals surface area contributed by atoms with Gasteiger partial charge in [-0.05, 0) is 48.2 Å². The highest BCUT2D eigenvalue weighted by Gasteiger charge is 2.18. The van der Waals surface area contributed by atoms with Gasteiger partial charge in [-0.1, -0.05) is 72.3 Å². The molecule has 0 aliphatic carbocycles. The number of carbonyl (C=O) groups excluding carboxylic acids is 1. The Morgan fingerprint density at radius 2 is 1.71 bits per heavy atom. The first-order valence-corrected chi connectivity index (χ1v) is 11.6. The molecule has 4 rings (SSSR count). The molecule has 35 heavy (non-hydrogen) atoms. The number of aromatic nitrogens is 2. The predicted octanol–water partition coefficient (Wildman–Crippen LogP) is 5.00. The number of carbonyl (C=O) groups is 1. The van der Waals surface area contributed by atoms with E-state index in [0.29, 0.717) is 41.5 Å². The van der Waals surface area contributed by atoms with Crippen molar-refractivity contribution in [1.82, 2.24) is 20.4 Å². The molecule has 7 nitrogen and oxygen atoms in total. The molecule has 176 valence electrons. The molecule has 0 radical (unpaired) electrons. The van der Waals surface area contributed by atoms with Crippen molar-refractivity contribution in [2.45, 2.75) is 18.9 Å². The van der Waals surface area contributed by atoms with Gasteiger partial charge in [0.2, 0.25) is 0 Å². The average molecular weight is 485 g/mol. The number of benzene rings is 3. The van der Waals surface area contributed by atoms with Gasteiger partial charge in [0.25, 0.3) is 0 Å². The van der Waals surface area contributed by atoms with Crippen molar-refractivity contribution in [2.75, 3.05) is 12.3 Å². The fourth-order valence-corrected chi connectivity index (χ4v) is 4.07. The van der Waals surface area contributed by atoms with Gasteiger partial charge in [-0.25, -0.2) is 9.48 Å². The lowest BCUT2D eigenvalue weighted by Crippen LogP contribution is -2.39. The first-order valence-electron chi connectivity index (χ1n) is 11.2. The van der Waals surface area contributed by atoms with Gasteiger partial charge < -0.3 is 16.4 Å². The highest BCUT2D eigenvalue weighted by Crippen LogP contribution is 2.24. The zero-order valence-corrected chi connectivity index (χ0v) is 19.7. The maximum absolute atomic E-state index is 12.7. The van der Waals surface area contributed by atoms with E-state index in [1.54, 1.807) is 10.7 Å². The molecule has 0 aliphatic rings. The third-order valence-electron chi connectivity index (χ3n) is 5.57. The molecule has 1 heterocycles. The average Bonchev–Trinajstić information content (AvgIpc) is 3.21. The summed E-state index contributed by atoms with van der Waals surface area (Å²) >= 11 is 6.18. The Morgan fingerprint density at radius 1 is 1.03 bits per heavy atom. The van der Waals surface area contributed by atoms with Crippen LogP contribution in [0.15, 0.2) is 84.9 Å². The van der Waals surface area contributed by atoms with Gasteiger partial charge in [-0.2, -0.15) is 10.4 Å². The molecule has 1 aromatic heterocycles. The monoisotopic (exact) mass is 484 g/mol. The van der Waals surface area contributed by atoms with E-state index in [0.717, 1.165) is 16.8 Å². The SMILES string of the molecule is N#Cc1c(CCCNC(=O)N[C@H](c2ccccc2)c2cccc(Cl)c2)nn(-c2ccccc2)c1N. The third-order valence-corrected chi connectivity index (χ3v) is 5.81. The second kappa shape index (κ2) is 11.2. The molecule has 0 saturated heterocycles. The normalized spacial score (nSPS) is 11.4. The predicted molar refractivity (Wildman–Crippen MR) is 137 cm³/mol. The van der Waals surface area contributed by atoms with Crippen molar-refractivity contribution in [2.24, 2.45) is 0 Å². The number of nitrogen functional groups attached to an aromatic ring is 1. The Balaban J connectivity index is 1.38. The Hall–Kier alpha value is -4.28. The first kappa shape index (κ1) is 23.9. The lowest BCUT2D eigenvalue weighted by molar-refractivity contribution is 0.238. The summed E-state index contributed by atoms with van der Waals surface area (Å²) in [6.07, 6.45) is 1.10. The summed E-state index contributed by atoms with van der Waals surface area (Å²) in [6, 6.07) is 28.1. The van der Waals surface area contributed by atoms with Gasteiger partial charge in [0.1, 0.15) is 17.5 Å². The number of anilines is 1. The topological polar surface area (TPSA) is 109 Å². The van der Waals surface area contributed by atoms with E-state index in [9.17, 15) is 10.1 Å².